The van der Waals surface area contributed by atoms with Crippen LogP contribution < -0.4 is 5.32 Å². The van der Waals surface area contributed by atoms with Gasteiger partial charge in [-0.05, 0) is 41.5 Å². The molecule has 0 aliphatic heterocycles. The minimum Gasteiger partial charge on any atom is -0.342 e. The fraction of sp³-hybridized carbons (Fsp3) is 0.143. The van der Waals surface area contributed by atoms with Gasteiger partial charge in [0.15, 0.2) is 0 Å². The maximum atomic E-state index is 13.1. The molecule has 0 atom stereocenters. The molecule has 4 nitrogen and oxygen atoms in total. The third-order valence-electron chi connectivity index (χ3n) is 4.17. The van der Waals surface area contributed by atoms with E-state index >= 15 is 0 Å². The van der Waals surface area contributed by atoms with Gasteiger partial charge in [-0.25, -0.2) is 4.39 Å². The molecular weight excluding hydrogens is 363 g/mol. The second-order valence-corrected chi connectivity index (χ2v) is 7.24. The molecule has 0 unspecified atom stereocenters. The molecule has 0 aliphatic carbocycles. The highest BCUT2D eigenvalue weighted by atomic mass is 32.1. The summed E-state index contributed by atoms with van der Waals surface area (Å²) in [4.78, 5) is 27.2. The largest absolute Gasteiger partial charge is 0.342 e. The van der Waals surface area contributed by atoms with Crippen LogP contribution in [0, 0.1) is 5.82 Å². The van der Waals surface area contributed by atoms with Crippen molar-refractivity contribution < 1.29 is 14.0 Å². The number of thiophene rings is 1. The van der Waals surface area contributed by atoms with E-state index in [0.29, 0.717) is 17.1 Å². The van der Waals surface area contributed by atoms with Crippen LogP contribution in [-0.2, 0) is 11.3 Å². The van der Waals surface area contributed by atoms with Gasteiger partial charge in [0.1, 0.15) is 5.82 Å². The molecule has 27 heavy (non-hydrogen) atoms. The number of halogens is 1. The van der Waals surface area contributed by atoms with Gasteiger partial charge in [0.25, 0.3) is 5.91 Å². The minimum absolute atomic E-state index is 0.0432. The summed E-state index contributed by atoms with van der Waals surface area (Å²) in [6.45, 7) is 1.92. The normalized spacial score (nSPS) is 10.5. The van der Waals surface area contributed by atoms with Gasteiger partial charge in [-0.3, -0.25) is 9.59 Å². The van der Waals surface area contributed by atoms with Crippen LogP contribution in [0.25, 0.3) is 10.4 Å². The van der Waals surface area contributed by atoms with Gasteiger partial charge in [0.05, 0.1) is 4.88 Å². The van der Waals surface area contributed by atoms with E-state index in [2.05, 4.69) is 5.32 Å². The van der Waals surface area contributed by atoms with Crippen molar-refractivity contribution in [1.29, 1.82) is 0 Å². The predicted octanol–water partition coefficient (Wildman–Crippen LogP) is 4.78. The van der Waals surface area contributed by atoms with Gasteiger partial charge in [-0.15, -0.1) is 11.3 Å². The third-order valence-corrected chi connectivity index (χ3v) is 5.30. The Kier molecular flexibility index (Phi) is 5.66. The average molecular weight is 382 g/mol. The van der Waals surface area contributed by atoms with E-state index in [1.54, 1.807) is 30.1 Å². The van der Waals surface area contributed by atoms with Crippen LogP contribution in [0.1, 0.15) is 22.2 Å². The van der Waals surface area contributed by atoms with E-state index in [4.69, 9.17) is 0 Å². The van der Waals surface area contributed by atoms with E-state index in [-0.39, 0.29) is 17.6 Å². The fourth-order valence-electron chi connectivity index (χ4n) is 2.56. The van der Waals surface area contributed by atoms with Crippen LogP contribution >= 0.6 is 11.3 Å². The average Bonchev–Trinajstić information content (AvgIpc) is 3.14. The number of hydrogen-bond acceptors (Lipinski definition) is 3. The molecule has 6 heteroatoms. The molecule has 3 aromatic rings. The van der Waals surface area contributed by atoms with Crippen molar-refractivity contribution in [2.45, 2.75) is 13.5 Å². The summed E-state index contributed by atoms with van der Waals surface area (Å²) in [5.41, 5.74) is 2.40. The van der Waals surface area contributed by atoms with Crippen LogP contribution in [0.5, 0.6) is 0 Å². The quantitative estimate of drug-likeness (QED) is 0.690. The Balaban J connectivity index is 1.76. The lowest BCUT2D eigenvalue weighted by Gasteiger charge is -2.17. The molecule has 0 fully saturated rings. The summed E-state index contributed by atoms with van der Waals surface area (Å²) < 4.78 is 13.1. The maximum absolute atomic E-state index is 13.1. The van der Waals surface area contributed by atoms with Gasteiger partial charge in [-0.2, -0.15) is 0 Å². The highest BCUT2D eigenvalue weighted by Gasteiger charge is 2.14. The molecule has 1 N–H and O–H groups in total. The third kappa shape index (κ3) is 4.60. The SMILES string of the molecule is CC(=O)N(C)Cc1ccccc1NC(=O)c1ccc(-c2ccc(F)cc2)s1. The highest BCUT2D eigenvalue weighted by Crippen LogP contribution is 2.29. The lowest BCUT2D eigenvalue weighted by Crippen LogP contribution is -2.24. The lowest BCUT2D eigenvalue weighted by molar-refractivity contribution is -0.128. The van der Waals surface area contributed by atoms with E-state index in [9.17, 15) is 14.0 Å². The molecule has 2 aromatic carbocycles. The lowest BCUT2D eigenvalue weighted by atomic mass is 10.1. The number of anilines is 1. The van der Waals surface area contributed by atoms with Crippen molar-refractivity contribution >= 4 is 28.8 Å². The number of amides is 2. The van der Waals surface area contributed by atoms with Crippen LogP contribution in [-0.4, -0.2) is 23.8 Å². The molecule has 1 aromatic heterocycles. The van der Waals surface area contributed by atoms with Crippen molar-refractivity contribution in [1.82, 2.24) is 4.90 Å². The first-order valence-corrected chi connectivity index (χ1v) is 9.22. The molecule has 0 saturated carbocycles. The van der Waals surface area contributed by atoms with Crippen molar-refractivity contribution in [2.75, 3.05) is 12.4 Å². The molecule has 0 radical (unpaired) electrons. The number of hydrogen-bond donors (Lipinski definition) is 1. The molecule has 138 valence electrons. The smallest absolute Gasteiger partial charge is 0.265 e. The Bertz CT molecular complexity index is 966. The first kappa shape index (κ1) is 18.8. The van der Waals surface area contributed by atoms with Crippen LogP contribution in [0.15, 0.2) is 60.7 Å². The topological polar surface area (TPSA) is 49.4 Å². The van der Waals surface area contributed by atoms with E-state index in [1.807, 2.05) is 30.3 Å². The van der Waals surface area contributed by atoms with E-state index < -0.39 is 0 Å². The molecular formula is C21H19FN2O2S. The van der Waals surface area contributed by atoms with Crippen molar-refractivity contribution in [3.8, 4) is 10.4 Å². The summed E-state index contributed by atoms with van der Waals surface area (Å²) in [6, 6.07) is 17.2. The highest BCUT2D eigenvalue weighted by molar-refractivity contribution is 7.17. The summed E-state index contributed by atoms with van der Waals surface area (Å²) >= 11 is 1.34. The molecule has 0 spiro atoms. The molecule has 2 amide bonds. The van der Waals surface area contributed by atoms with Gasteiger partial charge < -0.3 is 10.2 Å². The zero-order valence-corrected chi connectivity index (χ0v) is 15.8. The van der Waals surface area contributed by atoms with Crippen LogP contribution in [0.2, 0.25) is 0 Å². The van der Waals surface area contributed by atoms with Crippen LogP contribution in [0.4, 0.5) is 10.1 Å². The molecule has 0 aliphatic rings. The Morgan fingerprint density at radius 2 is 1.74 bits per heavy atom. The Morgan fingerprint density at radius 1 is 1.04 bits per heavy atom. The number of nitrogens with zero attached hydrogens (tertiary/aromatic N) is 1. The fourth-order valence-corrected chi connectivity index (χ4v) is 3.47. The van der Waals surface area contributed by atoms with Crippen molar-refractivity contribution in [3.63, 3.8) is 0 Å². The minimum atomic E-state index is -0.291. The summed E-state index contributed by atoms with van der Waals surface area (Å²) in [5, 5.41) is 2.92. The standard InChI is InChI=1S/C21H19FN2O2S/c1-14(25)24(2)13-16-5-3-4-6-18(16)23-21(26)20-12-11-19(27-20)15-7-9-17(22)10-8-15/h3-12H,13H2,1-2H3,(H,23,26). The first-order valence-electron chi connectivity index (χ1n) is 8.41. The van der Waals surface area contributed by atoms with E-state index in [0.717, 1.165) is 16.0 Å². The predicted molar refractivity (Wildman–Crippen MR) is 106 cm³/mol. The zero-order valence-electron chi connectivity index (χ0n) is 15.0. The number of carbonyl (C=O) groups is 2. The van der Waals surface area contributed by atoms with Crippen molar-refractivity contribution in [3.05, 3.63) is 76.9 Å². The maximum Gasteiger partial charge on any atom is 0.265 e. The number of benzene rings is 2. The molecule has 3 rings (SSSR count). The number of nitrogens with one attached hydrogen (secondary N) is 1. The molecule has 1 heterocycles. The van der Waals surface area contributed by atoms with Crippen molar-refractivity contribution in [2.24, 2.45) is 0 Å². The van der Waals surface area contributed by atoms with E-state index in [1.165, 1.54) is 30.4 Å². The van der Waals surface area contributed by atoms with Gasteiger partial charge in [0.2, 0.25) is 5.91 Å². The number of carbonyl (C=O) groups excluding carboxylic acids is 2. The second kappa shape index (κ2) is 8.14. The Labute approximate surface area is 161 Å². The summed E-state index contributed by atoms with van der Waals surface area (Å²) in [5.74, 6) is -0.551. The Morgan fingerprint density at radius 3 is 2.44 bits per heavy atom. The first-order chi connectivity index (χ1) is 12.9. The summed E-state index contributed by atoms with van der Waals surface area (Å²) in [6.07, 6.45) is 0. The zero-order chi connectivity index (χ0) is 19.4. The monoisotopic (exact) mass is 382 g/mol. The molecule has 0 bridgehead atoms. The number of rotatable bonds is 5. The van der Waals surface area contributed by atoms with Gasteiger partial charge >= 0.3 is 0 Å². The second-order valence-electron chi connectivity index (χ2n) is 6.16. The van der Waals surface area contributed by atoms with Gasteiger partial charge in [0, 0.05) is 31.1 Å². The van der Waals surface area contributed by atoms with Gasteiger partial charge in [-0.1, -0.05) is 30.3 Å². The number of para-hydroxylation sites is 1. The summed E-state index contributed by atoms with van der Waals surface area (Å²) in [7, 11) is 1.72. The molecule has 0 saturated heterocycles. The van der Waals surface area contributed by atoms with Crippen LogP contribution in [0.3, 0.4) is 0 Å². The Hall–Kier alpha value is -2.99.